The zero-order valence-electron chi connectivity index (χ0n) is 6.76. The van der Waals surface area contributed by atoms with E-state index in [9.17, 15) is 18.1 Å². The molecule has 0 bridgehead atoms. The topological polar surface area (TPSA) is 35.5 Å². The Balaban J connectivity index is 2.39. The van der Waals surface area contributed by atoms with Crippen molar-refractivity contribution in [1.82, 2.24) is 0 Å². The third-order valence-corrected chi connectivity index (χ3v) is 1.83. The number of carbonyl (C=O) groups is 1. The zero-order valence-corrected chi connectivity index (χ0v) is 6.76. The molecule has 1 aliphatic rings. The molecule has 0 aromatic rings. The highest BCUT2D eigenvalue weighted by Crippen LogP contribution is 2.31. The highest BCUT2D eigenvalue weighted by atomic mass is 19.3. The maximum Gasteiger partial charge on any atom is 0.351 e. The molecular weight excluding hydrogens is 189 g/mol. The van der Waals surface area contributed by atoms with E-state index in [1.807, 2.05) is 0 Å². The fraction of sp³-hybridized carbons (Fsp3) is 0.857. The second-order valence-electron chi connectivity index (χ2n) is 2.96. The minimum atomic E-state index is -2.82. The van der Waals surface area contributed by atoms with Crippen molar-refractivity contribution < 1.29 is 27.8 Å². The van der Waals surface area contributed by atoms with Crippen LogP contribution in [0.3, 0.4) is 0 Å². The Morgan fingerprint density at radius 3 is 2.85 bits per heavy atom. The lowest BCUT2D eigenvalue weighted by atomic mass is 10.0. The predicted molar refractivity (Wildman–Crippen MR) is 35.7 cm³/mol. The van der Waals surface area contributed by atoms with Crippen LogP contribution in [-0.4, -0.2) is 24.6 Å². The summed E-state index contributed by atoms with van der Waals surface area (Å²) in [5, 5.41) is 0. The van der Waals surface area contributed by atoms with Gasteiger partial charge in [-0.2, -0.15) is 0 Å². The van der Waals surface area contributed by atoms with Gasteiger partial charge in [-0.05, 0) is 0 Å². The molecular formula is C7H9F3O3. The van der Waals surface area contributed by atoms with Crippen molar-refractivity contribution in [2.45, 2.75) is 31.3 Å². The normalized spacial score (nSPS) is 26.8. The molecule has 3 nitrogen and oxygen atoms in total. The third kappa shape index (κ3) is 3.22. The first-order valence-electron chi connectivity index (χ1n) is 3.84. The van der Waals surface area contributed by atoms with Gasteiger partial charge in [-0.25, -0.2) is 13.6 Å². The van der Waals surface area contributed by atoms with Crippen LogP contribution in [0, 0.1) is 0 Å². The smallest absolute Gasteiger partial charge is 0.351 e. The molecule has 0 radical (unpaired) electrons. The zero-order chi connectivity index (χ0) is 9.90. The van der Waals surface area contributed by atoms with E-state index in [1.54, 1.807) is 0 Å². The van der Waals surface area contributed by atoms with Crippen molar-refractivity contribution in [1.29, 1.82) is 0 Å². The maximum absolute atomic E-state index is 12.7. The van der Waals surface area contributed by atoms with Crippen LogP contribution in [0.5, 0.6) is 0 Å². The first kappa shape index (κ1) is 10.3. The first-order chi connectivity index (χ1) is 6.03. The van der Waals surface area contributed by atoms with Crippen molar-refractivity contribution in [2.75, 3.05) is 6.61 Å². The highest BCUT2D eigenvalue weighted by Gasteiger charge is 2.38. The summed E-state index contributed by atoms with van der Waals surface area (Å²) in [6, 6.07) is 0. The molecule has 1 rings (SSSR count). The van der Waals surface area contributed by atoms with E-state index in [1.165, 1.54) is 0 Å². The van der Waals surface area contributed by atoms with Gasteiger partial charge in [-0.1, -0.05) is 0 Å². The van der Waals surface area contributed by atoms with Crippen molar-refractivity contribution in [3.63, 3.8) is 0 Å². The van der Waals surface area contributed by atoms with Crippen molar-refractivity contribution in [3.05, 3.63) is 0 Å². The molecule has 0 saturated carbocycles. The van der Waals surface area contributed by atoms with E-state index < -0.39 is 30.8 Å². The summed E-state index contributed by atoms with van der Waals surface area (Å²) in [4.78, 5) is 13.2. The lowest BCUT2D eigenvalue weighted by Gasteiger charge is -2.28. The summed E-state index contributed by atoms with van der Waals surface area (Å²) < 4.78 is 41.4. The van der Waals surface area contributed by atoms with Gasteiger partial charge in [0.05, 0.1) is 19.1 Å². The quantitative estimate of drug-likeness (QED) is 0.676. The first-order valence-corrected chi connectivity index (χ1v) is 3.84. The van der Waals surface area contributed by atoms with E-state index in [0.717, 1.165) is 0 Å². The minimum absolute atomic E-state index is 0.114. The second kappa shape index (κ2) is 3.95. The maximum atomic E-state index is 12.7. The van der Waals surface area contributed by atoms with Crippen LogP contribution in [0.4, 0.5) is 13.3 Å². The summed E-state index contributed by atoms with van der Waals surface area (Å²) in [6.45, 7) is -0.114. The molecule has 0 amide bonds. The summed E-state index contributed by atoms with van der Waals surface area (Å²) in [5.41, 5.74) is 0. The lowest BCUT2D eigenvalue weighted by Crippen LogP contribution is -2.35. The Hall–Kier alpha value is -0.780. The molecule has 0 aliphatic carbocycles. The molecule has 0 N–H and O–H groups in total. The van der Waals surface area contributed by atoms with Crippen molar-refractivity contribution in [2.24, 2.45) is 0 Å². The SMILES string of the molecule is O=C(CC1CC(F)(F)CCO1)OF. The lowest BCUT2D eigenvalue weighted by molar-refractivity contribution is -0.191. The summed E-state index contributed by atoms with van der Waals surface area (Å²) in [5.74, 6) is -4.00. The van der Waals surface area contributed by atoms with Gasteiger partial charge in [-0.3, -0.25) is 4.94 Å². The van der Waals surface area contributed by atoms with Gasteiger partial charge in [0.1, 0.15) is 0 Å². The van der Waals surface area contributed by atoms with Gasteiger partial charge in [-0.15, -0.1) is 0 Å². The van der Waals surface area contributed by atoms with Crippen LogP contribution in [0.15, 0.2) is 0 Å². The fourth-order valence-electron chi connectivity index (χ4n) is 1.22. The number of alkyl halides is 2. The Labute approximate surface area is 72.7 Å². The Bertz CT molecular complexity index is 195. The van der Waals surface area contributed by atoms with Gasteiger partial charge in [0.2, 0.25) is 0 Å². The number of hydrogen-bond acceptors (Lipinski definition) is 3. The third-order valence-electron chi connectivity index (χ3n) is 1.83. The van der Waals surface area contributed by atoms with Gasteiger partial charge in [0.15, 0.2) is 0 Å². The average molecular weight is 198 g/mol. The molecule has 1 aliphatic heterocycles. The van der Waals surface area contributed by atoms with Crippen LogP contribution in [0.1, 0.15) is 19.3 Å². The van der Waals surface area contributed by atoms with Crippen LogP contribution in [-0.2, 0) is 14.5 Å². The van der Waals surface area contributed by atoms with Gasteiger partial charge in [0.25, 0.3) is 5.92 Å². The molecule has 1 saturated heterocycles. The molecule has 1 unspecified atom stereocenters. The van der Waals surface area contributed by atoms with E-state index in [2.05, 4.69) is 4.94 Å². The molecule has 0 aromatic heterocycles. The molecule has 13 heavy (non-hydrogen) atoms. The standard InChI is InChI=1S/C7H9F3O3/c8-7(9)1-2-12-5(4-7)3-6(11)13-10/h5H,1-4H2. The number of ether oxygens (including phenoxy) is 1. The number of carbonyl (C=O) groups excluding carboxylic acids is 1. The summed E-state index contributed by atoms with van der Waals surface area (Å²) in [7, 11) is 0. The Morgan fingerprint density at radius 1 is 1.62 bits per heavy atom. The molecule has 1 atom stereocenters. The summed E-state index contributed by atoms with van der Waals surface area (Å²) in [6.07, 6.45) is -2.31. The van der Waals surface area contributed by atoms with Crippen molar-refractivity contribution in [3.8, 4) is 0 Å². The molecule has 0 spiro atoms. The monoisotopic (exact) mass is 198 g/mol. The average Bonchev–Trinajstić information content (AvgIpc) is 2.02. The van der Waals surface area contributed by atoms with Crippen LogP contribution >= 0.6 is 0 Å². The number of hydrogen-bond donors (Lipinski definition) is 0. The number of halogens is 3. The van der Waals surface area contributed by atoms with Gasteiger partial charge in [0, 0.05) is 17.4 Å². The van der Waals surface area contributed by atoms with E-state index >= 15 is 0 Å². The molecule has 1 fully saturated rings. The van der Waals surface area contributed by atoms with E-state index in [4.69, 9.17) is 4.74 Å². The van der Waals surface area contributed by atoms with Crippen LogP contribution < -0.4 is 0 Å². The molecule has 76 valence electrons. The van der Waals surface area contributed by atoms with E-state index in [-0.39, 0.29) is 13.0 Å². The molecule has 6 heteroatoms. The Morgan fingerprint density at radius 2 is 2.31 bits per heavy atom. The van der Waals surface area contributed by atoms with Gasteiger partial charge < -0.3 is 4.74 Å². The Kier molecular flexibility index (Phi) is 3.13. The van der Waals surface area contributed by atoms with Crippen molar-refractivity contribution >= 4 is 5.97 Å². The van der Waals surface area contributed by atoms with Crippen LogP contribution in [0.2, 0.25) is 0 Å². The fourth-order valence-corrected chi connectivity index (χ4v) is 1.22. The highest BCUT2D eigenvalue weighted by molar-refractivity contribution is 5.69. The van der Waals surface area contributed by atoms with Crippen LogP contribution in [0.25, 0.3) is 0 Å². The molecule has 0 aromatic carbocycles. The second-order valence-corrected chi connectivity index (χ2v) is 2.96. The van der Waals surface area contributed by atoms with E-state index in [0.29, 0.717) is 0 Å². The van der Waals surface area contributed by atoms with Gasteiger partial charge >= 0.3 is 5.97 Å². The largest absolute Gasteiger partial charge is 0.377 e. The molecule has 1 heterocycles. The summed E-state index contributed by atoms with van der Waals surface area (Å²) >= 11 is 0. The predicted octanol–water partition coefficient (Wildman–Crippen LogP) is 1.62. The minimum Gasteiger partial charge on any atom is -0.377 e. The number of rotatable bonds is 2.